The molecule has 2 nitrogen and oxygen atoms in total. The predicted octanol–water partition coefficient (Wildman–Crippen LogP) is 1.78. The Morgan fingerprint density at radius 2 is 2.15 bits per heavy atom. The van der Waals surface area contributed by atoms with Crippen molar-refractivity contribution in [3.63, 3.8) is 0 Å². The molecule has 0 spiro atoms. The summed E-state index contributed by atoms with van der Waals surface area (Å²) in [5.74, 6) is 0. The second-order valence-corrected chi connectivity index (χ2v) is 4.03. The zero-order chi connectivity index (χ0) is 9.90. The van der Waals surface area contributed by atoms with Crippen molar-refractivity contribution in [2.45, 2.75) is 25.8 Å². The highest BCUT2D eigenvalue weighted by Crippen LogP contribution is 2.10. The van der Waals surface area contributed by atoms with Crippen molar-refractivity contribution in [1.82, 2.24) is 0 Å². The van der Waals surface area contributed by atoms with Gasteiger partial charge in [0.1, 0.15) is 6.29 Å². The van der Waals surface area contributed by atoms with Crippen LogP contribution in [0.4, 0.5) is 0 Å². The Kier molecular flexibility index (Phi) is 2.83. The average molecular weight is 177 g/mol. The lowest BCUT2D eigenvalue weighted by Crippen LogP contribution is -2.34. The molecule has 13 heavy (non-hydrogen) atoms. The maximum atomic E-state index is 10.5. The van der Waals surface area contributed by atoms with Gasteiger partial charge in [-0.25, -0.2) is 0 Å². The Morgan fingerprint density at radius 3 is 2.69 bits per heavy atom. The molecule has 0 saturated heterocycles. The Balaban J connectivity index is 2.84. The largest absolute Gasteiger partial charge is 0.325 e. The molecule has 0 radical (unpaired) electrons. The van der Waals surface area contributed by atoms with Crippen LogP contribution in [0.25, 0.3) is 0 Å². The van der Waals surface area contributed by atoms with E-state index in [2.05, 4.69) is 0 Å². The highest BCUT2D eigenvalue weighted by Gasteiger charge is 2.11. The van der Waals surface area contributed by atoms with Gasteiger partial charge in [-0.05, 0) is 31.9 Å². The quantitative estimate of drug-likeness (QED) is 0.715. The van der Waals surface area contributed by atoms with Gasteiger partial charge in [-0.1, -0.05) is 18.2 Å². The fraction of sp³-hybridized carbons (Fsp3) is 0.364. The molecule has 0 aliphatic rings. The zero-order valence-electron chi connectivity index (χ0n) is 8.08. The molecule has 0 heterocycles. The lowest BCUT2D eigenvalue weighted by atomic mass is 9.95. The molecule has 2 N–H and O–H groups in total. The molecule has 0 unspecified atom stereocenters. The first-order chi connectivity index (χ1) is 6.01. The van der Waals surface area contributed by atoms with Crippen LogP contribution in [0, 0.1) is 0 Å². The van der Waals surface area contributed by atoms with Crippen LogP contribution in [-0.4, -0.2) is 11.8 Å². The minimum Gasteiger partial charge on any atom is -0.325 e. The normalized spacial score (nSPS) is 11.3. The average Bonchev–Trinajstić information content (AvgIpc) is 2.01. The first kappa shape index (κ1) is 9.93. The number of aldehydes is 1. The van der Waals surface area contributed by atoms with E-state index in [1.165, 1.54) is 0 Å². The fourth-order valence-electron chi connectivity index (χ4n) is 1.30. The summed E-state index contributed by atoms with van der Waals surface area (Å²) in [6.07, 6.45) is 1.64. The molecule has 0 bridgehead atoms. The van der Waals surface area contributed by atoms with Crippen LogP contribution < -0.4 is 5.73 Å². The lowest BCUT2D eigenvalue weighted by molar-refractivity contribution is 0.112. The summed E-state index contributed by atoms with van der Waals surface area (Å²) in [7, 11) is 0. The third-order valence-corrected chi connectivity index (χ3v) is 1.75. The molecule has 0 saturated carbocycles. The standard InChI is InChI=1S/C11H15NO/c1-11(2,12)7-9-4-3-5-10(6-9)8-13/h3-6,8H,7,12H2,1-2H3. The van der Waals surface area contributed by atoms with E-state index in [1.807, 2.05) is 32.0 Å². The van der Waals surface area contributed by atoms with Gasteiger partial charge in [-0.15, -0.1) is 0 Å². The van der Waals surface area contributed by atoms with Gasteiger partial charge in [-0.2, -0.15) is 0 Å². The summed E-state index contributed by atoms with van der Waals surface area (Å²) in [4.78, 5) is 10.5. The molecule has 1 rings (SSSR count). The molecule has 0 fully saturated rings. The monoisotopic (exact) mass is 177 g/mol. The van der Waals surface area contributed by atoms with E-state index in [1.54, 1.807) is 6.07 Å². The molecule has 1 aromatic rings. The topological polar surface area (TPSA) is 43.1 Å². The molecule has 0 atom stereocenters. The molecule has 0 aliphatic heterocycles. The van der Waals surface area contributed by atoms with Crippen molar-refractivity contribution >= 4 is 6.29 Å². The van der Waals surface area contributed by atoms with Crippen molar-refractivity contribution in [2.75, 3.05) is 0 Å². The van der Waals surface area contributed by atoms with Crippen molar-refractivity contribution in [3.8, 4) is 0 Å². The summed E-state index contributed by atoms with van der Waals surface area (Å²) in [5.41, 5.74) is 7.47. The lowest BCUT2D eigenvalue weighted by Gasteiger charge is -2.18. The maximum absolute atomic E-state index is 10.5. The van der Waals surface area contributed by atoms with E-state index in [0.717, 1.165) is 18.3 Å². The van der Waals surface area contributed by atoms with E-state index < -0.39 is 0 Å². The van der Waals surface area contributed by atoms with E-state index in [4.69, 9.17) is 5.73 Å². The van der Waals surface area contributed by atoms with Gasteiger partial charge in [0, 0.05) is 11.1 Å². The van der Waals surface area contributed by atoms with Crippen LogP contribution in [0.3, 0.4) is 0 Å². The van der Waals surface area contributed by atoms with Crippen LogP contribution in [0.2, 0.25) is 0 Å². The second-order valence-electron chi connectivity index (χ2n) is 4.03. The minimum atomic E-state index is -0.221. The number of hydrogen-bond donors (Lipinski definition) is 1. The summed E-state index contributed by atoms with van der Waals surface area (Å²) >= 11 is 0. The van der Waals surface area contributed by atoms with E-state index in [0.29, 0.717) is 5.56 Å². The summed E-state index contributed by atoms with van der Waals surface area (Å²) in [6.45, 7) is 3.95. The van der Waals surface area contributed by atoms with Gasteiger partial charge in [0.2, 0.25) is 0 Å². The highest BCUT2D eigenvalue weighted by atomic mass is 16.1. The number of rotatable bonds is 3. The Bertz CT molecular complexity index is 299. The fourth-order valence-corrected chi connectivity index (χ4v) is 1.30. The third-order valence-electron chi connectivity index (χ3n) is 1.75. The summed E-state index contributed by atoms with van der Waals surface area (Å²) < 4.78 is 0. The van der Waals surface area contributed by atoms with Crippen LogP contribution in [0.15, 0.2) is 24.3 Å². The predicted molar refractivity (Wildman–Crippen MR) is 53.8 cm³/mol. The van der Waals surface area contributed by atoms with Gasteiger partial charge in [-0.3, -0.25) is 4.79 Å². The molecular formula is C11H15NO. The molecule has 1 aromatic carbocycles. The number of carbonyl (C=O) groups is 1. The Labute approximate surface area is 78.8 Å². The van der Waals surface area contributed by atoms with Crippen molar-refractivity contribution in [3.05, 3.63) is 35.4 Å². The molecular weight excluding hydrogens is 162 g/mol. The third kappa shape index (κ3) is 3.38. The second kappa shape index (κ2) is 3.71. The van der Waals surface area contributed by atoms with Gasteiger partial charge in [0.15, 0.2) is 0 Å². The smallest absolute Gasteiger partial charge is 0.150 e. The maximum Gasteiger partial charge on any atom is 0.150 e. The van der Waals surface area contributed by atoms with Crippen LogP contribution in [0.1, 0.15) is 29.8 Å². The van der Waals surface area contributed by atoms with Gasteiger partial charge < -0.3 is 5.73 Å². The van der Waals surface area contributed by atoms with E-state index in [9.17, 15) is 4.79 Å². The molecule has 70 valence electrons. The van der Waals surface area contributed by atoms with E-state index >= 15 is 0 Å². The molecule has 0 aliphatic carbocycles. The van der Waals surface area contributed by atoms with Crippen LogP contribution in [-0.2, 0) is 6.42 Å². The SMILES string of the molecule is CC(C)(N)Cc1cccc(C=O)c1. The van der Waals surface area contributed by atoms with Crippen molar-refractivity contribution < 1.29 is 4.79 Å². The van der Waals surface area contributed by atoms with Crippen molar-refractivity contribution in [2.24, 2.45) is 5.73 Å². The number of nitrogens with two attached hydrogens (primary N) is 1. The zero-order valence-corrected chi connectivity index (χ0v) is 8.08. The molecule has 0 amide bonds. The number of hydrogen-bond acceptors (Lipinski definition) is 2. The molecule has 2 heteroatoms. The minimum absolute atomic E-state index is 0.221. The van der Waals surface area contributed by atoms with Gasteiger partial charge in [0.05, 0.1) is 0 Å². The summed E-state index contributed by atoms with van der Waals surface area (Å²) in [5, 5.41) is 0. The summed E-state index contributed by atoms with van der Waals surface area (Å²) in [6, 6.07) is 7.54. The number of carbonyl (C=O) groups excluding carboxylic acids is 1. The Morgan fingerprint density at radius 1 is 1.46 bits per heavy atom. The van der Waals surface area contributed by atoms with Crippen LogP contribution >= 0.6 is 0 Å². The highest BCUT2D eigenvalue weighted by molar-refractivity contribution is 5.74. The first-order valence-corrected chi connectivity index (χ1v) is 4.34. The van der Waals surface area contributed by atoms with Gasteiger partial charge >= 0.3 is 0 Å². The molecule has 0 aromatic heterocycles. The van der Waals surface area contributed by atoms with E-state index in [-0.39, 0.29) is 5.54 Å². The van der Waals surface area contributed by atoms with Crippen molar-refractivity contribution in [1.29, 1.82) is 0 Å². The number of benzene rings is 1. The van der Waals surface area contributed by atoms with Gasteiger partial charge in [0.25, 0.3) is 0 Å². The Hall–Kier alpha value is -1.15. The van der Waals surface area contributed by atoms with Crippen LogP contribution in [0.5, 0.6) is 0 Å². The first-order valence-electron chi connectivity index (χ1n) is 4.34.